The fourth-order valence-electron chi connectivity index (χ4n) is 2.43. The number of hydrogen-bond donors (Lipinski definition) is 1. The standard InChI is InChI=1S/C17H21NO4/c1-4-9-18-15(8-5-12(11-19)17(18)20)14-7-6-13(21-2)10-16(14)22-3/h5-8,10,19H,4,9,11H2,1-3H3. The highest BCUT2D eigenvalue weighted by Gasteiger charge is 2.14. The lowest BCUT2D eigenvalue weighted by atomic mass is 10.1. The molecule has 1 N–H and O–H groups in total. The van der Waals surface area contributed by atoms with E-state index in [1.165, 1.54) is 0 Å². The summed E-state index contributed by atoms with van der Waals surface area (Å²) in [6.07, 6.45) is 0.820. The molecule has 118 valence electrons. The molecule has 2 rings (SSSR count). The van der Waals surface area contributed by atoms with E-state index < -0.39 is 0 Å². The van der Waals surface area contributed by atoms with E-state index in [0.29, 0.717) is 23.6 Å². The summed E-state index contributed by atoms with van der Waals surface area (Å²) in [4.78, 5) is 12.4. The van der Waals surface area contributed by atoms with Crippen LogP contribution in [0.1, 0.15) is 18.9 Å². The number of hydrogen-bond acceptors (Lipinski definition) is 4. The van der Waals surface area contributed by atoms with E-state index >= 15 is 0 Å². The van der Waals surface area contributed by atoms with Gasteiger partial charge in [0.25, 0.3) is 5.56 Å². The summed E-state index contributed by atoms with van der Waals surface area (Å²) in [5.74, 6) is 1.33. The van der Waals surface area contributed by atoms with Gasteiger partial charge in [-0.1, -0.05) is 6.92 Å². The highest BCUT2D eigenvalue weighted by Crippen LogP contribution is 2.32. The molecular formula is C17H21NO4. The smallest absolute Gasteiger partial charge is 0.256 e. The first-order valence-corrected chi connectivity index (χ1v) is 7.22. The number of aliphatic hydroxyl groups is 1. The molecule has 1 aromatic carbocycles. The van der Waals surface area contributed by atoms with Gasteiger partial charge >= 0.3 is 0 Å². The van der Waals surface area contributed by atoms with E-state index in [-0.39, 0.29) is 12.2 Å². The molecule has 1 aromatic heterocycles. The zero-order valence-electron chi connectivity index (χ0n) is 13.1. The van der Waals surface area contributed by atoms with Crippen LogP contribution in [0.4, 0.5) is 0 Å². The molecule has 1 heterocycles. The van der Waals surface area contributed by atoms with Crippen LogP contribution in [-0.2, 0) is 13.2 Å². The van der Waals surface area contributed by atoms with Crippen molar-refractivity contribution in [2.45, 2.75) is 26.5 Å². The third-order valence-electron chi connectivity index (χ3n) is 3.56. The molecule has 0 aliphatic heterocycles. The Morgan fingerprint density at radius 3 is 2.50 bits per heavy atom. The molecule has 0 saturated heterocycles. The van der Waals surface area contributed by atoms with Crippen LogP contribution in [-0.4, -0.2) is 23.9 Å². The van der Waals surface area contributed by atoms with Gasteiger partial charge in [0, 0.05) is 23.7 Å². The third kappa shape index (κ3) is 2.99. The first-order valence-electron chi connectivity index (χ1n) is 7.22. The van der Waals surface area contributed by atoms with Crippen molar-refractivity contribution < 1.29 is 14.6 Å². The van der Waals surface area contributed by atoms with E-state index in [4.69, 9.17) is 9.47 Å². The van der Waals surface area contributed by atoms with Crippen molar-refractivity contribution in [3.05, 3.63) is 46.2 Å². The minimum absolute atomic E-state index is 0.167. The number of ether oxygens (including phenoxy) is 2. The van der Waals surface area contributed by atoms with E-state index in [2.05, 4.69) is 0 Å². The number of aliphatic hydroxyl groups excluding tert-OH is 1. The van der Waals surface area contributed by atoms with Crippen LogP contribution in [0.15, 0.2) is 35.1 Å². The van der Waals surface area contributed by atoms with Crippen molar-refractivity contribution in [2.24, 2.45) is 0 Å². The molecule has 0 unspecified atom stereocenters. The van der Waals surface area contributed by atoms with Crippen LogP contribution in [0.5, 0.6) is 11.5 Å². The van der Waals surface area contributed by atoms with Crippen molar-refractivity contribution in [2.75, 3.05) is 14.2 Å². The summed E-state index contributed by atoms with van der Waals surface area (Å²) < 4.78 is 12.3. The number of methoxy groups -OCH3 is 2. The maximum Gasteiger partial charge on any atom is 0.256 e. The molecule has 0 radical (unpaired) electrons. The lowest BCUT2D eigenvalue weighted by Crippen LogP contribution is -2.25. The van der Waals surface area contributed by atoms with Crippen molar-refractivity contribution in [3.8, 4) is 22.8 Å². The maximum atomic E-state index is 12.4. The van der Waals surface area contributed by atoms with E-state index in [9.17, 15) is 9.90 Å². The predicted octanol–water partition coefficient (Wildman–Crippen LogP) is 2.43. The summed E-state index contributed by atoms with van der Waals surface area (Å²) in [7, 11) is 3.18. The zero-order valence-corrected chi connectivity index (χ0v) is 13.1. The number of pyridine rings is 1. The van der Waals surface area contributed by atoms with Gasteiger partial charge in [-0.3, -0.25) is 4.79 Å². The Hall–Kier alpha value is -2.27. The molecule has 0 aliphatic carbocycles. The van der Waals surface area contributed by atoms with Gasteiger partial charge in [0.2, 0.25) is 0 Å². The molecule has 0 bridgehead atoms. The van der Waals surface area contributed by atoms with Gasteiger partial charge in [-0.15, -0.1) is 0 Å². The average molecular weight is 303 g/mol. The fraction of sp³-hybridized carbons (Fsp3) is 0.353. The zero-order chi connectivity index (χ0) is 16.1. The Labute approximate surface area is 129 Å². The van der Waals surface area contributed by atoms with Crippen LogP contribution in [0, 0.1) is 0 Å². The lowest BCUT2D eigenvalue weighted by molar-refractivity contribution is 0.279. The minimum Gasteiger partial charge on any atom is -0.497 e. The van der Waals surface area contributed by atoms with Crippen molar-refractivity contribution >= 4 is 0 Å². The lowest BCUT2D eigenvalue weighted by Gasteiger charge is -2.16. The SMILES string of the molecule is CCCn1c(-c2ccc(OC)cc2OC)ccc(CO)c1=O. The summed E-state index contributed by atoms with van der Waals surface area (Å²) >= 11 is 0. The van der Waals surface area contributed by atoms with Gasteiger partial charge in [0.1, 0.15) is 11.5 Å². The molecule has 22 heavy (non-hydrogen) atoms. The second kappa shape index (κ2) is 7.13. The number of benzene rings is 1. The van der Waals surface area contributed by atoms with Crippen molar-refractivity contribution in [1.82, 2.24) is 4.57 Å². The van der Waals surface area contributed by atoms with Gasteiger partial charge in [0.15, 0.2) is 0 Å². The highest BCUT2D eigenvalue weighted by atomic mass is 16.5. The number of rotatable bonds is 6. The van der Waals surface area contributed by atoms with Crippen LogP contribution < -0.4 is 15.0 Å². The molecule has 0 fully saturated rings. The fourth-order valence-corrected chi connectivity index (χ4v) is 2.43. The van der Waals surface area contributed by atoms with E-state index in [0.717, 1.165) is 17.7 Å². The topological polar surface area (TPSA) is 60.7 Å². The molecule has 2 aromatic rings. The molecule has 0 aliphatic rings. The second-order valence-corrected chi connectivity index (χ2v) is 4.92. The first kappa shape index (κ1) is 16.1. The van der Waals surface area contributed by atoms with Gasteiger partial charge in [-0.05, 0) is 30.7 Å². The highest BCUT2D eigenvalue weighted by molar-refractivity contribution is 5.69. The quantitative estimate of drug-likeness (QED) is 0.890. The Kier molecular flexibility index (Phi) is 5.22. The molecular weight excluding hydrogens is 282 g/mol. The summed E-state index contributed by atoms with van der Waals surface area (Å²) in [5, 5.41) is 9.29. The van der Waals surface area contributed by atoms with Gasteiger partial charge in [0.05, 0.1) is 26.5 Å². The minimum atomic E-state index is -0.261. The van der Waals surface area contributed by atoms with Gasteiger partial charge in [-0.2, -0.15) is 0 Å². The largest absolute Gasteiger partial charge is 0.497 e. The summed E-state index contributed by atoms with van der Waals surface area (Å²) in [6, 6.07) is 8.99. The Morgan fingerprint density at radius 2 is 1.91 bits per heavy atom. The van der Waals surface area contributed by atoms with Crippen molar-refractivity contribution in [3.63, 3.8) is 0 Å². The van der Waals surface area contributed by atoms with Crippen LogP contribution in [0.3, 0.4) is 0 Å². The molecule has 5 nitrogen and oxygen atoms in total. The molecule has 0 saturated carbocycles. The molecule has 0 atom stereocenters. The Morgan fingerprint density at radius 1 is 1.14 bits per heavy atom. The van der Waals surface area contributed by atoms with Crippen LogP contribution in [0.2, 0.25) is 0 Å². The monoisotopic (exact) mass is 303 g/mol. The van der Waals surface area contributed by atoms with E-state index in [1.54, 1.807) is 30.9 Å². The summed E-state index contributed by atoms with van der Waals surface area (Å²) in [5.41, 5.74) is 1.81. The molecule has 5 heteroatoms. The second-order valence-electron chi connectivity index (χ2n) is 4.92. The van der Waals surface area contributed by atoms with E-state index in [1.807, 2.05) is 25.1 Å². The predicted molar refractivity (Wildman–Crippen MR) is 85.5 cm³/mol. The number of nitrogens with zero attached hydrogens (tertiary/aromatic N) is 1. The maximum absolute atomic E-state index is 12.4. The van der Waals surface area contributed by atoms with Crippen LogP contribution in [0.25, 0.3) is 11.3 Å². The number of aromatic nitrogens is 1. The van der Waals surface area contributed by atoms with Gasteiger partial charge < -0.3 is 19.1 Å². The van der Waals surface area contributed by atoms with Crippen LogP contribution >= 0.6 is 0 Å². The normalized spacial score (nSPS) is 10.5. The first-order chi connectivity index (χ1) is 10.7. The van der Waals surface area contributed by atoms with Crippen molar-refractivity contribution in [1.29, 1.82) is 0 Å². The molecule has 0 spiro atoms. The summed E-state index contributed by atoms with van der Waals surface area (Å²) in [6.45, 7) is 2.33. The Bertz CT molecular complexity index is 706. The molecule has 0 amide bonds. The Balaban J connectivity index is 2.66. The van der Waals surface area contributed by atoms with Gasteiger partial charge in [-0.25, -0.2) is 0 Å². The average Bonchev–Trinajstić information content (AvgIpc) is 2.56. The third-order valence-corrected chi connectivity index (χ3v) is 3.56.